The molecule has 1 N–H and O–H groups in total. The number of piperidine rings is 1. The Morgan fingerprint density at radius 3 is 2.47 bits per heavy atom. The van der Waals surface area contributed by atoms with Crippen LogP contribution in [0.4, 0.5) is 0 Å². The molecule has 1 aromatic carbocycles. The highest BCUT2D eigenvalue weighted by Gasteiger charge is 2.37. The quantitative estimate of drug-likeness (QED) is 0.582. The Labute approximate surface area is 214 Å². The molecule has 2 aliphatic rings. The van der Waals surface area contributed by atoms with Crippen molar-refractivity contribution in [1.29, 1.82) is 0 Å². The number of nitrogens with zero attached hydrogens (tertiary/aromatic N) is 2. The zero-order chi connectivity index (χ0) is 25.9. The minimum Gasteiger partial charge on any atom is -0.497 e. The Hall–Kier alpha value is -2.65. The number of aromatic nitrogens is 1. The first kappa shape index (κ1) is 26.4. The Morgan fingerprint density at radius 2 is 1.81 bits per heavy atom. The van der Waals surface area contributed by atoms with E-state index in [1.54, 1.807) is 26.2 Å². The van der Waals surface area contributed by atoms with Crippen LogP contribution in [0.15, 0.2) is 33.7 Å². The van der Waals surface area contributed by atoms with E-state index in [1.165, 1.54) is 10.7 Å². The molecule has 0 spiro atoms. The van der Waals surface area contributed by atoms with Gasteiger partial charge in [-0.15, -0.1) is 0 Å². The number of sulfonamides is 1. The molecule has 36 heavy (non-hydrogen) atoms. The van der Waals surface area contributed by atoms with Gasteiger partial charge in [-0.2, -0.15) is 4.31 Å². The summed E-state index contributed by atoms with van der Waals surface area (Å²) < 4.78 is 39.1. The predicted molar refractivity (Wildman–Crippen MR) is 139 cm³/mol. The number of methoxy groups -OCH3 is 1. The molecule has 2 heterocycles. The molecule has 8 nitrogen and oxygen atoms in total. The van der Waals surface area contributed by atoms with E-state index >= 15 is 0 Å². The molecule has 0 bridgehead atoms. The number of aryl methyl sites for hydroxylation is 1. The smallest absolute Gasteiger partial charge is 0.248 e. The van der Waals surface area contributed by atoms with Crippen molar-refractivity contribution in [3.05, 3.63) is 41.3 Å². The zero-order valence-electron chi connectivity index (χ0n) is 21.6. The van der Waals surface area contributed by atoms with Crippen molar-refractivity contribution < 1.29 is 22.5 Å². The molecule has 1 saturated heterocycles. The van der Waals surface area contributed by atoms with Crippen LogP contribution < -0.4 is 10.1 Å². The van der Waals surface area contributed by atoms with Gasteiger partial charge < -0.3 is 14.6 Å². The van der Waals surface area contributed by atoms with E-state index < -0.39 is 10.0 Å². The molecule has 0 unspecified atom stereocenters. The second-order valence-electron chi connectivity index (χ2n) is 10.1. The number of nitrogens with one attached hydrogen (secondary N) is 1. The molecular formula is C27H37N3O5S. The standard InChI is InChI=1S/C27H37N3O5S/c1-18-6-5-7-24(19(18)2)28-27(31)22-14-16-30(17-15-22)36(32,33)26-20(3)29-35-25(26)13-10-21-8-11-23(34-4)12-9-21/h8-13,18-19,22,24H,5-7,14-17H2,1-4H3,(H,28,31)/b13-10-/t18-,19+,24-/m1/s1. The Morgan fingerprint density at radius 1 is 1.11 bits per heavy atom. The normalized spacial score (nSPS) is 24.2. The van der Waals surface area contributed by atoms with Gasteiger partial charge in [0.2, 0.25) is 15.9 Å². The molecule has 1 saturated carbocycles. The van der Waals surface area contributed by atoms with E-state index in [1.807, 2.05) is 24.3 Å². The lowest BCUT2D eigenvalue weighted by Gasteiger charge is -2.36. The minimum atomic E-state index is -3.81. The van der Waals surface area contributed by atoms with Gasteiger partial charge in [-0.05, 0) is 61.8 Å². The van der Waals surface area contributed by atoms with Crippen molar-refractivity contribution in [2.45, 2.75) is 63.8 Å². The van der Waals surface area contributed by atoms with Crippen LogP contribution in [0.3, 0.4) is 0 Å². The predicted octanol–water partition coefficient (Wildman–Crippen LogP) is 4.50. The third kappa shape index (κ3) is 5.67. The second kappa shape index (κ2) is 11.2. The molecule has 1 aliphatic carbocycles. The van der Waals surface area contributed by atoms with Gasteiger partial charge in [0.05, 0.1) is 7.11 Å². The van der Waals surface area contributed by atoms with Crippen LogP contribution in [0.2, 0.25) is 0 Å². The van der Waals surface area contributed by atoms with Crippen molar-refractivity contribution in [2.24, 2.45) is 17.8 Å². The summed E-state index contributed by atoms with van der Waals surface area (Å²) >= 11 is 0. The lowest BCUT2D eigenvalue weighted by atomic mass is 9.78. The number of hydrogen-bond acceptors (Lipinski definition) is 6. The number of carbonyl (C=O) groups excluding carboxylic acids is 1. The average Bonchev–Trinajstić information content (AvgIpc) is 3.27. The van der Waals surface area contributed by atoms with Crippen LogP contribution in [0.1, 0.15) is 63.0 Å². The molecule has 1 aromatic heterocycles. The zero-order valence-corrected chi connectivity index (χ0v) is 22.4. The number of hydrogen-bond donors (Lipinski definition) is 1. The van der Waals surface area contributed by atoms with Gasteiger partial charge in [0.25, 0.3) is 0 Å². The highest BCUT2D eigenvalue weighted by atomic mass is 32.2. The van der Waals surface area contributed by atoms with E-state index in [2.05, 4.69) is 24.3 Å². The van der Waals surface area contributed by atoms with Gasteiger partial charge in [-0.25, -0.2) is 8.42 Å². The fourth-order valence-corrected chi connectivity index (χ4v) is 6.98. The summed E-state index contributed by atoms with van der Waals surface area (Å²) in [4.78, 5) is 13.0. The van der Waals surface area contributed by atoms with Crippen molar-refractivity contribution in [2.75, 3.05) is 20.2 Å². The first-order valence-corrected chi connectivity index (χ1v) is 14.2. The average molecular weight is 516 g/mol. The van der Waals surface area contributed by atoms with E-state index in [0.717, 1.165) is 24.2 Å². The molecule has 2 fully saturated rings. The van der Waals surface area contributed by atoms with Gasteiger partial charge in [0.15, 0.2) is 10.7 Å². The monoisotopic (exact) mass is 515 g/mol. The van der Waals surface area contributed by atoms with Crippen molar-refractivity contribution in [1.82, 2.24) is 14.8 Å². The van der Waals surface area contributed by atoms with Gasteiger partial charge >= 0.3 is 0 Å². The van der Waals surface area contributed by atoms with Gasteiger partial charge in [0, 0.05) is 25.0 Å². The Kier molecular flexibility index (Phi) is 8.20. The van der Waals surface area contributed by atoms with Gasteiger partial charge in [0.1, 0.15) is 11.4 Å². The van der Waals surface area contributed by atoms with Crippen molar-refractivity contribution in [3.8, 4) is 5.75 Å². The van der Waals surface area contributed by atoms with Crippen LogP contribution >= 0.6 is 0 Å². The summed E-state index contributed by atoms with van der Waals surface area (Å²) in [5, 5.41) is 7.18. The number of benzene rings is 1. The maximum atomic E-state index is 13.5. The lowest BCUT2D eigenvalue weighted by molar-refractivity contribution is -0.127. The Balaban J connectivity index is 1.41. The molecule has 4 rings (SSSR count). The SMILES string of the molecule is COc1ccc(/C=C\c2onc(C)c2S(=O)(=O)N2CCC(C(=O)N[C@@H]3CCC[C@@H](C)[C@@H]3C)CC2)cc1. The van der Waals surface area contributed by atoms with E-state index in [9.17, 15) is 13.2 Å². The summed E-state index contributed by atoms with van der Waals surface area (Å²) in [6.45, 7) is 6.69. The minimum absolute atomic E-state index is 0.0577. The topological polar surface area (TPSA) is 102 Å². The van der Waals surface area contributed by atoms with Crippen LogP contribution in [0.5, 0.6) is 5.75 Å². The van der Waals surface area contributed by atoms with Gasteiger partial charge in [-0.3, -0.25) is 4.79 Å². The third-order valence-electron chi connectivity index (χ3n) is 7.83. The molecule has 196 valence electrons. The summed E-state index contributed by atoms with van der Waals surface area (Å²) in [7, 11) is -2.21. The highest BCUT2D eigenvalue weighted by Crippen LogP contribution is 2.32. The largest absolute Gasteiger partial charge is 0.497 e. The Bertz CT molecular complexity index is 1180. The van der Waals surface area contributed by atoms with Crippen LogP contribution in [-0.2, 0) is 14.8 Å². The van der Waals surface area contributed by atoms with Crippen molar-refractivity contribution in [3.63, 3.8) is 0 Å². The molecular weight excluding hydrogens is 478 g/mol. The summed E-state index contributed by atoms with van der Waals surface area (Å²) in [6.07, 6.45) is 7.78. The van der Waals surface area contributed by atoms with E-state index in [0.29, 0.717) is 43.5 Å². The number of ether oxygens (including phenoxy) is 1. The third-order valence-corrected chi connectivity index (χ3v) is 9.89. The number of amides is 1. The summed E-state index contributed by atoms with van der Waals surface area (Å²) in [6, 6.07) is 7.62. The molecule has 3 atom stereocenters. The van der Waals surface area contributed by atoms with Crippen molar-refractivity contribution >= 4 is 28.1 Å². The maximum absolute atomic E-state index is 13.5. The molecule has 1 aliphatic heterocycles. The highest BCUT2D eigenvalue weighted by molar-refractivity contribution is 7.89. The molecule has 1 amide bonds. The first-order chi connectivity index (χ1) is 17.2. The number of carbonyl (C=O) groups is 1. The van der Waals surface area contributed by atoms with Crippen LogP contribution in [0.25, 0.3) is 12.2 Å². The maximum Gasteiger partial charge on any atom is 0.248 e. The van der Waals surface area contributed by atoms with Crippen LogP contribution in [-0.4, -0.2) is 50.0 Å². The molecule has 2 aromatic rings. The van der Waals surface area contributed by atoms with Gasteiger partial charge in [-0.1, -0.05) is 50.1 Å². The fraction of sp³-hybridized carbons (Fsp3) is 0.556. The molecule has 0 radical (unpaired) electrons. The van der Waals surface area contributed by atoms with Crippen LogP contribution in [0, 0.1) is 24.7 Å². The fourth-order valence-electron chi connectivity index (χ4n) is 5.26. The molecule has 9 heteroatoms. The lowest BCUT2D eigenvalue weighted by Crippen LogP contribution is -2.48. The van der Waals surface area contributed by atoms with E-state index in [-0.39, 0.29) is 28.5 Å². The second-order valence-corrected chi connectivity index (χ2v) is 12.0. The first-order valence-electron chi connectivity index (χ1n) is 12.8. The summed E-state index contributed by atoms with van der Waals surface area (Å²) in [5.74, 6) is 1.90. The summed E-state index contributed by atoms with van der Waals surface area (Å²) in [5.41, 5.74) is 1.20. The van der Waals surface area contributed by atoms with E-state index in [4.69, 9.17) is 9.26 Å². The number of rotatable bonds is 7.